The molecule has 1 amide bonds. The van der Waals surface area contributed by atoms with Gasteiger partial charge in [0, 0.05) is 22.7 Å². The average molecular weight is 515 g/mol. The Morgan fingerprint density at radius 3 is 2.44 bits per heavy atom. The topological polar surface area (TPSA) is 81.9 Å². The Bertz CT molecular complexity index is 958. The average Bonchev–Trinajstić information content (AvgIpc) is 2.88. The molecule has 7 heteroatoms. The van der Waals surface area contributed by atoms with E-state index in [9.17, 15) is 9.59 Å². The molecular weight excluding hydrogens is 476 g/mol. The van der Waals surface area contributed by atoms with Crippen LogP contribution < -0.4 is 10.5 Å². The van der Waals surface area contributed by atoms with E-state index in [4.69, 9.17) is 26.8 Å². The van der Waals surface area contributed by atoms with Crippen LogP contribution in [0, 0.1) is 5.92 Å². The lowest BCUT2D eigenvalue weighted by Gasteiger charge is -2.33. The number of likely N-dealkylation sites (tertiary alicyclic amines) is 1. The van der Waals surface area contributed by atoms with Gasteiger partial charge in [0.25, 0.3) is 0 Å². The Labute approximate surface area is 220 Å². The summed E-state index contributed by atoms with van der Waals surface area (Å²) in [5.74, 6) is 1.10. The number of halogens is 1. The van der Waals surface area contributed by atoms with Crippen molar-refractivity contribution in [2.45, 2.75) is 64.4 Å². The van der Waals surface area contributed by atoms with E-state index < -0.39 is 6.09 Å². The molecule has 0 spiro atoms. The van der Waals surface area contributed by atoms with Crippen LogP contribution in [0.15, 0.2) is 48.5 Å². The van der Waals surface area contributed by atoms with Crippen molar-refractivity contribution in [3.63, 3.8) is 0 Å². The summed E-state index contributed by atoms with van der Waals surface area (Å²) in [5.41, 5.74) is 6.51. The number of benzene rings is 2. The third-order valence-corrected chi connectivity index (χ3v) is 7.02. The van der Waals surface area contributed by atoms with Crippen molar-refractivity contribution in [2.75, 3.05) is 26.2 Å². The zero-order valence-corrected chi connectivity index (χ0v) is 22.1. The lowest BCUT2D eigenvalue weighted by atomic mass is 9.97. The molecule has 196 valence electrons. The Hall–Kier alpha value is -2.57. The lowest BCUT2D eigenvalue weighted by Crippen LogP contribution is -2.41. The molecule has 36 heavy (non-hydrogen) atoms. The summed E-state index contributed by atoms with van der Waals surface area (Å²) in [5, 5.41) is 0.605. The molecule has 1 aliphatic rings. The zero-order valence-electron chi connectivity index (χ0n) is 21.3. The second kappa shape index (κ2) is 14.9. The van der Waals surface area contributed by atoms with Crippen molar-refractivity contribution < 1.29 is 19.1 Å². The van der Waals surface area contributed by atoms with Crippen molar-refractivity contribution in [1.29, 1.82) is 0 Å². The zero-order chi connectivity index (χ0) is 25.8. The molecule has 6 nitrogen and oxygen atoms in total. The number of primary amides is 1. The van der Waals surface area contributed by atoms with Crippen LogP contribution in [0.4, 0.5) is 4.79 Å². The number of nitrogens with two attached hydrogens (primary N) is 1. The number of nitrogens with zero attached hydrogens (tertiary/aromatic N) is 1. The molecule has 0 aliphatic carbocycles. The molecule has 0 bridgehead atoms. The second-order valence-corrected chi connectivity index (χ2v) is 10.1. The Kier molecular flexibility index (Phi) is 11.6. The standard InChI is InChI=1S/C29H39ClN2O4/c1-2-3-4-5-6-9-27(36-29(31)34)20-32-17-15-22(16-18-32)21-35-26-10-7-8-24(19-26)28(33)23-11-13-25(30)14-12-23/h7-8,10-14,19,22,27H,2-6,9,15-18,20-21H2,1H3,(H2,31,34)/t27-/m1/s1. The number of unbranched alkanes of at least 4 members (excludes halogenated alkanes) is 4. The molecule has 2 aromatic rings. The highest BCUT2D eigenvalue weighted by atomic mass is 35.5. The quantitative estimate of drug-likeness (QED) is 0.230. The first-order valence-corrected chi connectivity index (χ1v) is 13.5. The summed E-state index contributed by atoms with van der Waals surface area (Å²) < 4.78 is 11.5. The Morgan fingerprint density at radius 2 is 1.75 bits per heavy atom. The number of rotatable bonds is 14. The van der Waals surface area contributed by atoms with Gasteiger partial charge in [-0.15, -0.1) is 0 Å². The first kappa shape index (κ1) is 28.0. The largest absolute Gasteiger partial charge is 0.493 e. The Balaban J connectivity index is 1.43. The van der Waals surface area contributed by atoms with Crippen molar-refractivity contribution >= 4 is 23.5 Å². The number of carbonyl (C=O) groups is 2. The summed E-state index contributed by atoms with van der Waals surface area (Å²) in [4.78, 5) is 26.5. The monoisotopic (exact) mass is 514 g/mol. The van der Waals surface area contributed by atoms with Gasteiger partial charge in [0.15, 0.2) is 5.78 Å². The van der Waals surface area contributed by atoms with Crippen molar-refractivity contribution in [3.8, 4) is 5.75 Å². The molecule has 0 saturated carbocycles. The van der Waals surface area contributed by atoms with Gasteiger partial charge in [0.2, 0.25) is 0 Å². The van der Waals surface area contributed by atoms with Crippen LogP contribution in [0.3, 0.4) is 0 Å². The van der Waals surface area contributed by atoms with Gasteiger partial charge in [-0.2, -0.15) is 0 Å². The van der Waals surface area contributed by atoms with E-state index in [1.54, 1.807) is 36.4 Å². The highest BCUT2D eigenvalue weighted by Gasteiger charge is 2.23. The summed E-state index contributed by atoms with van der Waals surface area (Å²) >= 11 is 5.93. The van der Waals surface area contributed by atoms with Crippen LogP contribution in [0.2, 0.25) is 5.02 Å². The third kappa shape index (κ3) is 9.47. The Morgan fingerprint density at radius 1 is 1.03 bits per heavy atom. The molecule has 1 saturated heterocycles. The van der Waals surface area contributed by atoms with Crippen molar-refractivity contribution in [2.24, 2.45) is 11.7 Å². The first-order chi connectivity index (χ1) is 17.4. The second-order valence-electron chi connectivity index (χ2n) is 9.68. The van der Waals surface area contributed by atoms with Crippen LogP contribution in [0.1, 0.15) is 74.2 Å². The summed E-state index contributed by atoms with van der Waals surface area (Å²) in [6.45, 7) is 5.44. The predicted molar refractivity (Wildman–Crippen MR) is 144 cm³/mol. The molecule has 0 radical (unpaired) electrons. The number of hydrogen-bond acceptors (Lipinski definition) is 5. The van der Waals surface area contributed by atoms with E-state index in [2.05, 4.69) is 11.8 Å². The molecule has 0 aromatic heterocycles. The van der Waals surface area contributed by atoms with Crippen LogP contribution in [-0.2, 0) is 4.74 Å². The van der Waals surface area contributed by atoms with Gasteiger partial charge in [-0.1, -0.05) is 56.3 Å². The molecule has 1 fully saturated rings. The van der Waals surface area contributed by atoms with Crippen LogP contribution in [0.5, 0.6) is 5.75 Å². The van der Waals surface area contributed by atoms with Crippen LogP contribution >= 0.6 is 11.6 Å². The number of carbonyl (C=O) groups excluding carboxylic acids is 2. The van der Waals surface area contributed by atoms with Crippen molar-refractivity contribution in [3.05, 3.63) is 64.7 Å². The van der Waals surface area contributed by atoms with E-state index in [1.165, 1.54) is 25.7 Å². The van der Waals surface area contributed by atoms with Gasteiger partial charge in [0.05, 0.1) is 6.61 Å². The van der Waals surface area contributed by atoms with Gasteiger partial charge < -0.3 is 15.2 Å². The van der Waals surface area contributed by atoms with Gasteiger partial charge in [-0.3, -0.25) is 9.69 Å². The highest BCUT2D eigenvalue weighted by molar-refractivity contribution is 6.30. The van der Waals surface area contributed by atoms with E-state index in [-0.39, 0.29) is 11.9 Å². The molecule has 2 aromatic carbocycles. The summed E-state index contributed by atoms with van der Waals surface area (Å²) in [6, 6.07) is 14.3. The minimum atomic E-state index is -0.686. The number of ether oxygens (including phenoxy) is 2. The number of hydrogen-bond donors (Lipinski definition) is 1. The maximum atomic E-state index is 12.8. The fourth-order valence-corrected chi connectivity index (χ4v) is 4.79. The first-order valence-electron chi connectivity index (χ1n) is 13.2. The number of piperidine rings is 1. The van der Waals surface area contributed by atoms with Crippen LogP contribution in [-0.4, -0.2) is 49.1 Å². The molecule has 2 N–H and O–H groups in total. The maximum absolute atomic E-state index is 12.8. The molecule has 1 heterocycles. The van der Waals surface area contributed by atoms with Gasteiger partial charge >= 0.3 is 6.09 Å². The summed E-state index contributed by atoms with van der Waals surface area (Å²) in [7, 11) is 0. The highest BCUT2D eigenvalue weighted by Crippen LogP contribution is 2.23. The van der Waals surface area contributed by atoms with Gasteiger partial charge in [0.1, 0.15) is 11.9 Å². The van der Waals surface area contributed by atoms with Crippen LogP contribution in [0.25, 0.3) is 0 Å². The lowest BCUT2D eigenvalue weighted by molar-refractivity contribution is 0.0537. The van der Waals surface area contributed by atoms with E-state index >= 15 is 0 Å². The van der Waals surface area contributed by atoms with E-state index in [1.807, 2.05) is 12.1 Å². The smallest absolute Gasteiger partial charge is 0.404 e. The van der Waals surface area contributed by atoms with E-state index in [0.717, 1.165) is 45.3 Å². The number of ketones is 1. The fraction of sp³-hybridized carbons (Fsp3) is 0.517. The normalized spacial score (nSPS) is 15.4. The fourth-order valence-electron chi connectivity index (χ4n) is 4.66. The molecule has 0 unspecified atom stereocenters. The summed E-state index contributed by atoms with van der Waals surface area (Å²) in [6.07, 6.45) is 7.98. The van der Waals surface area contributed by atoms with E-state index in [0.29, 0.717) is 34.4 Å². The molecular formula is C29H39ClN2O4. The molecule has 3 rings (SSSR count). The SMILES string of the molecule is CCCCCCC[C@H](CN1CCC(COc2cccc(C(=O)c3ccc(Cl)cc3)c2)CC1)OC(N)=O. The third-order valence-electron chi connectivity index (χ3n) is 6.77. The molecule has 1 atom stereocenters. The minimum Gasteiger partial charge on any atom is -0.493 e. The molecule has 1 aliphatic heterocycles. The predicted octanol–water partition coefficient (Wildman–Crippen LogP) is 6.49. The van der Waals surface area contributed by atoms with Crippen molar-refractivity contribution in [1.82, 2.24) is 4.90 Å². The number of amides is 1. The van der Waals surface area contributed by atoms with Gasteiger partial charge in [-0.05, 0) is 81.1 Å². The minimum absolute atomic E-state index is 0.0523. The van der Waals surface area contributed by atoms with Gasteiger partial charge in [-0.25, -0.2) is 4.79 Å². The maximum Gasteiger partial charge on any atom is 0.404 e.